The number of hydrogen-bond acceptors (Lipinski definition) is 13. The third kappa shape index (κ3) is 7.04. The Kier molecular flexibility index (Phi) is 9.49. The van der Waals surface area contributed by atoms with Gasteiger partial charge < -0.3 is 39.4 Å². The monoisotopic (exact) mass is 783 g/mol. The first kappa shape index (κ1) is 37.0. The zero-order valence-electron chi connectivity index (χ0n) is 28.8. The number of anilines is 2. The van der Waals surface area contributed by atoms with Gasteiger partial charge in [-0.15, -0.1) is 5.10 Å². The smallest absolute Gasteiger partial charge is 0.446 e. The van der Waals surface area contributed by atoms with Crippen molar-refractivity contribution in [3.63, 3.8) is 0 Å². The number of amides is 2. The van der Waals surface area contributed by atoms with Crippen LogP contribution in [0, 0.1) is 12.7 Å². The number of thioether (sulfide) groups is 1. The Morgan fingerprint density at radius 1 is 1.02 bits per heavy atom. The number of aromatic nitrogens is 6. The molecule has 286 valence electrons. The number of alkyl halides is 3. The molecule has 2 amide bonds. The van der Waals surface area contributed by atoms with Gasteiger partial charge in [0.25, 0.3) is 11.5 Å². The van der Waals surface area contributed by atoms with Gasteiger partial charge in [0.2, 0.25) is 17.4 Å². The Bertz CT molecular complexity index is 2560. The molecule has 2 aromatic carbocycles. The van der Waals surface area contributed by atoms with E-state index in [1.165, 1.54) is 40.9 Å². The average Bonchev–Trinajstić information content (AvgIpc) is 3.71. The lowest BCUT2D eigenvalue weighted by Gasteiger charge is -2.36. The summed E-state index contributed by atoms with van der Waals surface area (Å²) in [6.45, 7) is 3.25. The maximum Gasteiger partial charge on any atom is 0.446 e. The summed E-state index contributed by atoms with van der Waals surface area (Å²) in [4.78, 5) is 56.2. The molecule has 6 aromatic rings. The molecule has 1 aliphatic rings. The fourth-order valence-electron chi connectivity index (χ4n) is 6.30. The highest BCUT2D eigenvalue weighted by Gasteiger charge is 2.32. The van der Waals surface area contributed by atoms with Crippen LogP contribution in [-0.4, -0.2) is 92.9 Å². The fraction of sp³-hybridized carbons (Fsp3) is 0.265. The Labute approximate surface area is 310 Å². The molecule has 0 radical (unpaired) electrons. The molecule has 0 unspecified atom stereocenters. The Hall–Kier alpha value is -6.38. The summed E-state index contributed by atoms with van der Waals surface area (Å²) in [7, 11) is 0. The van der Waals surface area contributed by atoms with E-state index in [0.717, 1.165) is 16.6 Å². The van der Waals surface area contributed by atoms with Crippen molar-refractivity contribution >= 4 is 51.7 Å². The lowest BCUT2D eigenvalue weighted by molar-refractivity contribution is -0.116. The quantitative estimate of drug-likeness (QED) is 0.125. The minimum atomic E-state index is -4.65. The number of halogens is 4. The van der Waals surface area contributed by atoms with Gasteiger partial charge in [-0.3, -0.25) is 14.4 Å². The van der Waals surface area contributed by atoms with Gasteiger partial charge in [-0.2, -0.15) is 22.7 Å². The van der Waals surface area contributed by atoms with Crippen molar-refractivity contribution in [2.45, 2.75) is 37.2 Å². The van der Waals surface area contributed by atoms with Gasteiger partial charge in [0.15, 0.2) is 17.3 Å². The number of aromatic hydroxyl groups is 3. The van der Waals surface area contributed by atoms with E-state index in [4.69, 9.17) is 4.42 Å². The lowest BCUT2D eigenvalue weighted by Crippen LogP contribution is -2.51. The van der Waals surface area contributed by atoms with Gasteiger partial charge in [-0.25, -0.2) is 14.4 Å². The molecular weight excluding hydrogens is 754 g/mol. The molecule has 1 aliphatic heterocycles. The molecule has 1 fully saturated rings. The molecule has 0 aliphatic carbocycles. The van der Waals surface area contributed by atoms with Crippen LogP contribution in [0.1, 0.15) is 28.8 Å². The summed E-state index contributed by atoms with van der Waals surface area (Å²) in [6, 6.07) is 7.08. The van der Waals surface area contributed by atoms with Crippen molar-refractivity contribution in [3.8, 4) is 28.8 Å². The molecule has 21 heteroatoms. The number of nitrogens with zero attached hydrogens (tertiary/aromatic N) is 8. The molecule has 0 spiro atoms. The number of piperazine rings is 1. The van der Waals surface area contributed by atoms with Crippen LogP contribution in [0.2, 0.25) is 0 Å². The second kappa shape index (κ2) is 14.1. The van der Waals surface area contributed by atoms with Gasteiger partial charge in [0.1, 0.15) is 30.0 Å². The largest absolute Gasteiger partial charge is 0.504 e. The van der Waals surface area contributed by atoms with Crippen LogP contribution >= 0.6 is 11.8 Å². The number of benzene rings is 2. The van der Waals surface area contributed by atoms with E-state index >= 15 is 0 Å². The van der Waals surface area contributed by atoms with Crippen LogP contribution in [0.3, 0.4) is 0 Å². The SMILES string of the molecule is CCc1c(N2CCN(C(=O)c3ncnc(C)c3O)CC2)c(=O)n2nc(-c3ccc4oc(O)c(O)c4c3)nc2n1CC(=O)Nc1ccc(SC(F)(F)F)cc1F. The van der Waals surface area contributed by atoms with Crippen molar-refractivity contribution in [3.05, 3.63) is 76.0 Å². The lowest BCUT2D eigenvalue weighted by atomic mass is 10.1. The Balaban J connectivity index is 1.26. The van der Waals surface area contributed by atoms with Crippen LogP contribution in [0.15, 0.2) is 56.8 Å². The van der Waals surface area contributed by atoms with Gasteiger partial charge in [-0.05, 0) is 61.5 Å². The first-order chi connectivity index (χ1) is 26.1. The number of furan rings is 1. The van der Waals surface area contributed by atoms with Crippen LogP contribution in [0.25, 0.3) is 28.1 Å². The molecule has 16 nitrogen and oxygen atoms in total. The van der Waals surface area contributed by atoms with E-state index in [9.17, 15) is 47.3 Å². The van der Waals surface area contributed by atoms with E-state index in [2.05, 4.69) is 25.4 Å². The number of rotatable bonds is 8. The Morgan fingerprint density at radius 3 is 2.45 bits per heavy atom. The number of nitrogens with one attached hydrogen (secondary N) is 1. The highest BCUT2D eigenvalue weighted by atomic mass is 32.2. The second-order valence-corrected chi connectivity index (χ2v) is 13.5. The fourth-order valence-corrected chi connectivity index (χ4v) is 6.86. The summed E-state index contributed by atoms with van der Waals surface area (Å²) in [5, 5.41) is 37.5. The van der Waals surface area contributed by atoms with Crippen LogP contribution in [0.4, 0.5) is 28.9 Å². The molecule has 1 saturated heterocycles. The minimum Gasteiger partial charge on any atom is -0.504 e. The maximum absolute atomic E-state index is 14.9. The first-order valence-electron chi connectivity index (χ1n) is 16.5. The van der Waals surface area contributed by atoms with Crippen molar-refractivity contribution in [2.75, 3.05) is 36.4 Å². The molecular formula is C34H29F4N9O7S. The molecule has 5 heterocycles. The predicted molar refractivity (Wildman–Crippen MR) is 189 cm³/mol. The van der Waals surface area contributed by atoms with E-state index in [1.54, 1.807) is 11.8 Å². The van der Waals surface area contributed by atoms with Crippen molar-refractivity contribution in [2.24, 2.45) is 0 Å². The van der Waals surface area contributed by atoms with Gasteiger partial charge >= 0.3 is 11.5 Å². The van der Waals surface area contributed by atoms with E-state index in [1.807, 2.05) is 0 Å². The third-order valence-electron chi connectivity index (χ3n) is 8.90. The van der Waals surface area contributed by atoms with E-state index in [0.29, 0.717) is 17.3 Å². The zero-order valence-corrected chi connectivity index (χ0v) is 29.6. The second-order valence-electron chi connectivity index (χ2n) is 12.3. The minimum absolute atomic E-state index is 0.00776. The topological polar surface area (TPSA) is 204 Å². The highest BCUT2D eigenvalue weighted by Crippen LogP contribution is 2.39. The van der Waals surface area contributed by atoms with Crippen LogP contribution in [0.5, 0.6) is 17.4 Å². The van der Waals surface area contributed by atoms with Crippen LogP contribution in [-0.2, 0) is 17.8 Å². The number of hydrogen-bond donors (Lipinski definition) is 4. The predicted octanol–water partition coefficient (Wildman–Crippen LogP) is 4.43. The summed E-state index contributed by atoms with van der Waals surface area (Å²) < 4.78 is 60.9. The molecule has 0 bridgehead atoms. The van der Waals surface area contributed by atoms with Gasteiger partial charge in [0, 0.05) is 36.6 Å². The molecule has 7 rings (SSSR count). The number of carbonyl (C=O) groups is 2. The Morgan fingerprint density at radius 2 is 1.76 bits per heavy atom. The van der Waals surface area contributed by atoms with Gasteiger partial charge in [-0.1, -0.05) is 6.92 Å². The van der Waals surface area contributed by atoms with Crippen LogP contribution < -0.4 is 15.8 Å². The normalized spacial score (nSPS) is 13.6. The molecule has 55 heavy (non-hydrogen) atoms. The standard InChI is InChI=1S/C34H29F4N9O7S/c1-3-22-26(44-8-10-45(11-9-44)30(51)25-27(49)16(2)39-15-40-25)31(52)47-33(42-29(43-47)17-4-7-23-19(12-17)28(50)32(53)54-23)46(22)14-24(48)41-21-6-5-18(13-20(21)35)55-34(36,37)38/h4-7,12-13,15,49-50,53H,3,8-11,14H2,1-2H3,(H,41,48). The van der Waals surface area contributed by atoms with Crippen molar-refractivity contribution in [1.29, 1.82) is 0 Å². The summed E-state index contributed by atoms with van der Waals surface area (Å²) in [5.41, 5.74) is -4.63. The third-order valence-corrected chi connectivity index (χ3v) is 9.62. The average molecular weight is 784 g/mol. The molecule has 0 saturated carbocycles. The molecule has 4 N–H and O–H groups in total. The number of aryl methyl sites for hydroxylation is 1. The highest BCUT2D eigenvalue weighted by molar-refractivity contribution is 8.00. The summed E-state index contributed by atoms with van der Waals surface area (Å²) >= 11 is -0.507. The summed E-state index contributed by atoms with van der Waals surface area (Å²) in [5.74, 6) is -4.09. The zero-order chi connectivity index (χ0) is 39.3. The summed E-state index contributed by atoms with van der Waals surface area (Å²) in [6.07, 6.45) is 1.35. The van der Waals surface area contributed by atoms with Crippen molar-refractivity contribution < 1.29 is 46.9 Å². The van der Waals surface area contributed by atoms with Gasteiger partial charge in [0.05, 0.1) is 22.5 Å². The number of fused-ring (bicyclic) bond motifs is 2. The van der Waals surface area contributed by atoms with Crippen molar-refractivity contribution in [1.82, 2.24) is 34.0 Å². The molecule has 0 atom stereocenters. The first-order valence-corrected chi connectivity index (χ1v) is 17.3. The maximum atomic E-state index is 14.9. The van der Waals surface area contributed by atoms with E-state index in [-0.39, 0.29) is 83.7 Å². The van der Waals surface area contributed by atoms with E-state index < -0.39 is 63.6 Å². The number of carbonyl (C=O) groups excluding carboxylic acids is 2. The molecule has 4 aromatic heterocycles.